The van der Waals surface area contributed by atoms with Gasteiger partial charge in [0, 0.05) is 18.8 Å². The maximum Gasteiger partial charge on any atom is 0.302 e. The molecule has 4 rings (SSSR count). The van der Waals surface area contributed by atoms with Crippen LogP contribution in [0, 0.1) is 11.3 Å². The molecule has 0 aliphatic heterocycles. The monoisotopic (exact) mass is 352 g/mol. The molecule has 3 atom stereocenters. The number of fused-ring (bicyclic) bond motifs is 4. The Morgan fingerprint density at radius 3 is 2.85 bits per heavy atom. The second-order valence-corrected chi connectivity index (χ2v) is 7.98. The topological polar surface area (TPSA) is 35.5 Å². The third-order valence-electron chi connectivity index (χ3n) is 6.72. The van der Waals surface area contributed by atoms with Crippen LogP contribution >= 0.6 is 0 Å². The van der Waals surface area contributed by atoms with E-state index in [9.17, 15) is 4.79 Å². The largest absolute Gasteiger partial charge is 0.497 e. The molecule has 3 aliphatic carbocycles. The highest BCUT2D eigenvalue weighted by Gasteiger charge is 2.50. The number of carbonyl (C=O) groups is 1. The minimum Gasteiger partial charge on any atom is -0.497 e. The lowest BCUT2D eigenvalue weighted by Gasteiger charge is -2.45. The van der Waals surface area contributed by atoms with Crippen LogP contribution in [0.25, 0.3) is 5.57 Å². The Balaban J connectivity index is 1.80. The van der Waals surface area contributed by atoms with Gasteiger partial charge in [0.15, 0.2) is 0 Å². The van der Waals surface area contributed by atoms with Crippen LogP contribution in [0.2, 0.25) is 0 Å². The van der Waals surface area contributed by atoms with Gasteiger partial charge in [-0.2, -0.15) is 0 Å². The van der Waals surface area contributed by atoms with Crippen molar-refractivity contribution in [3.05, 3.63) is 46.5 Å². The fraction of sp³-hybridized carbons (Fsp3) is 0.522. The molecule has 0 spiro atoms. The molecular weight excluding hydrogens is 324 g/mol. The minimum absolute atomic E-state index is 0.00138. The Hall–Kier alpha value is -2.03. The average Bonchev–Trinajstić information content (AvgIpc) is 2.99. The molecule has 3 nitrogen and oxygen atoms in total. The molecule has 0 unspecified atom stereocenters. The van der Waals surface area contributed by atoms with E-state index in [1.54, 1.807) is 7.11 Å². The third kappa shape index (κ3) is 2.44. The molecular formula is C23H28O3. The number of hydrogen-bond donors (Lipinski definition) is 0. The van der Waals surface area contributed by atoms with Crippen LogP contribution in [0.5, 0.6) is 5.75 Å². The summed E-state index contributed by atoms with van der Waals surface area (Å²) in [6, 6.07) is 6.50. The second-order valence-electron chi connectivity index (χ2n) is 7.98. The van der Waals surface area contributed by atoms with Crippen LogP contribution in [-0.4, -0.2) is 19.2 Å². The van der Waals surface area contributed by atoms with Crippen LogP contribution in [-0.2, 0) is 16.0 Å². The van der Waals surface area contributed by atoms with Crippen molar-refractivity contribution in [3.63, 3.8) is 0 Å². The van der Waals surface area contributed by atoms with Crippen LogP contribution in [0.4, 0.5) is 0 Å². The first kappa shape index (κ1) is 17.4. The molecule has 0 bridgehead atoms. The molecule has 0 aromatic heterocycles. The van der Waals surface area contributed by atoms with E-state index in [-0.39, 0.29) is 17.5 Å². The van der Waals surface area contributed by atoms with Gasteiger partial charge in [-0.25, -0.2) is 0 Å². The Bertz CT molecular complexity index is 817. The number of ether oxygens (including phenoxy) is 2. The molecule has 0 saturated carbocycles. The molecule has 1 aromatic carbocycles. The molecule has 3 aliphatic rings. The first-order chi connectivity index (χ1) is 12.5. The van der Waals surface area contributed by atoms with Gasteiger partial charge in [-0.1, -0.05) is 26.0 Å². The number of allylic oxidation sites excluding steroid dienone is 2. The summed E-state index contributed by atoms with van der Waals surface area (Å²) >= 11 is 0. The zero-order valence-electron chi connectivity index (χ0n) is 16.2. The molecule has 0 N–H and O–H groups in total. The molecule has 1 aromatic rings. The Labute approximate surface area is 156 Å². The highest BCUT2D eigenvalue weighted by molar-refractivity contribution is 5.80. The lowest BCUT2D eigenvalue weighted by molar-refractivity contribution is -0.151. The molecule has 26 heavy (non-hydrogen) atoms. The van der Waals surface area contributed by atoms with Gasteiger partial charge in [0.05, 0.1) is 7.11 Å². The van der Waals surface area contributed by atoms with Gasteiger partial charge < -0.3 is 9.47 Å². The van der Waals surface area contributed by atoms with E-state index >= 15 is 0 Å². The summed E-state index contributed by atoms with van der Waals surface area (Å²) in [7, 11) is 1.73. The summed E-state index contributed by atoms with van der Waals surface area (Å²) in [5.41, 5.74) is 7.27. The fourth-order valence-corrected chi connectivity index (χ4v) is 5.54. The summed E-state index contributed by atoms with van der Waals surface area (Å²) < 4.78 is 11.2. The molecule has 0 heterocycles. The van der Waals surface area contributed by atoms with Gasteiger partial charge >= 0.3 is 5.97 Å². The van der Waals surface area contributed by atoms with E-state index < -0.39 is 0 Å². The summed E-state index contributed by atoms with van der Waals surface area (Å²) in [6.07, 6.45) is 7.39. The average molecular weight is 352 g/mol. The van der Waals surface area contributed by atoms with Crippen molar-refractivity contribution in [2.45, 2.75) is 59.0 Å². The lowest BCUT2D eigenvalue weighted by Crippen LogP contribution is -2.39. The highest BCUT2D eigenvalue weighted by atomic mass is 16.5. The van der Waals surface area contributed by atoms with Crippen LogP contribution in [0.15, 0.2) is 35.4 Å². The van der Waals surface area contributed by atoms with Gasteiger partial charge in [-0.3, -0.25) is 4.79 Å². The van der Waals surface area contributed by atoms with Crippen LogP contribution in [0.1, 0.15) is 57.6 Å². The van der Waals surface area contributed by atoms with Crippen molar-refractivity contribution in [3.8, 4) is 5.75 Å². The summed E-state index contributed by atoms with van der Waals surface area (Å²) in [4.78, 5) is 11.6. The zero-order valence-corrected chi connectivity index (χ0v) is 16.2. The fourth-order valence-electron chi connectivity index (χ4n) is 5.54. The second kappa shape index (κ2) is 6.29. The number of rotatable bonds is 3. The van der Waals surface area contributed by atoms with E-state index in [4.69, 9.17) is 9.47 Å². The third-order valence-corrected chi connectivity index (χ3v) is 6.72. The maximum atomic E-state index is 11.6. The van der Waals surface area contributed by atoms with Crippen molar-refractivity contribution in [2.24, 2.45) is 11.3 Å². The van der Waals surface area contributed by atoms with Crippen molar-refractivity contribution in [1.29, 1.82) is 0 Å². The standard InChI is InChI=1S/C23H28O3/c1-5-23-11-10-19-18-7-6-17(25-4)13-16(18)12-14(2)22(19)20(23)8-9-21(23)26-15(3)24/h6-8,13-14,21H,5,9-12H2,1-4H3/t14-,21+,23+/m0/s1. The Morgan fingerprint density at radius 1 is 1.35 bits per heavy atom. The van der Waals surface area contributed by atoms with E-state index in [0.29, 0.717) is 5.92 Å². The van der Waals surface area contributed by atoms with Crippen molar-refractivity contribution in [2.75, 3.05) is 7.11 Å². The number of hydrogen-bond acceptors (Lipinski definition) is 3. The maximum absolute atomic E-state index is 11.6. The molecule has 0 fully saturated rings. The smallest absolute Gasteiger partial charge is 0.302 e. The number of carbonyl (C=O) groups excluding carboxylic acids is 1. The zero-order chi connectivity index (χ0) is 18.5. The molecule has 138 valence electrons. The number of methoxy groups -OCH3 is 1. The van der Waals surface area contributed by atoms with E-state index in [1.165, 1.54) is 34.8 Å². The minimum atomic E-state index is -0.161. The summed E-state index contributed by atoms with van der Waals surface area (Å²) in [5.74, 6) is 1.26. The summed E-state index contributed by atoms with van der Waals surface area (Å²) in [6.45, 7) is 6.11. The van der Waals surface area contributed by atoms with E-state index in [0.717, 1.165) is 37.9 Å². The van der Waals surface area contributed by atoms with Crippen molar-refractivity contribution in [1.82, 2.24) is 0 Å². The van der Waals surface area contributed by atoms with Gasteiger partial charge in [-0.05, 0) is 71.6 Å². The lowest BCUT2D eigenvalue weighted by atomic mass is 9.61. The predicted octanol–water partition coefficient (Wildman–Crippen LogP) is 5.09. The van der Waals surface area contributed by atoms with Gasteiger partial charge in [-0.15, -0.1) is 0 Å². The molecule has 0 amide bonds. The van der Waals surface area contributed by atoms with Gasteiger partial charge in [0.1, 0.15) is 11.9 Å². The highest BCUT2D eigenvalue weighted by Crippen LogP contribution is 2.59. The Kier molecular flexibility index (Phi) is 4.21. The van der Waals surface area contributed by atoms with Crippen molar-refractivity contribution >= 4 is 11.5 Å². The van der Waals surface area contributed by atoms with Crippen LogP contribution < -0.4 is 4.74 Å². The van der Waals surface area contributed by atoms with Crippen molar-refractivity contribution < 1.29 is 14.3 Å². The predicted molar refractivity (Wildman–Crippen MR) is 103 cm³/mol. The van der Waals surface area contributed by atoms with E-state index in [2.05, 4.69) is 38.1 Å². The molecule has 0 saturated heterocycles. The quantitative estimate of drug-likeness (QED) is 0.711. The summed E-state index contributed by atoms with van der Waals surface area (Å²) in [5, 5.41) is 0. The molecule has 0 radical (unpaired) electrons. The first-order valence-corrected chi connectivity index (χ1v) is 9.78. The first-order valence-electron chi connectivity index (χ1n) is 9.78. The van der Waals surface area contributed by atoms with E-state index in [1.807, 2.05) is 0 Å². The Morgan fingerprint density at radius 2 is 2.15 bits per heavy atom. The number of benzene rings is 1. The van der Waals surface area contributed by atoms with Gasteiger partial charge in [0.2, 0.25) is 0 Å². The normalized spacial score (nSPS) is 29.5. The number of esters is 1. The molecule has 3 heteroatoms. The SMILES string of the molecule is CC[C@@]12CCC3=C(C1=CC[C@H]2OC(C)=O)[C@@H](C)Cc1cc(OC)ccc13. The van der Waals surface area contributed by atoms with Gasteiger partial charge in [0.25, 0.3) is 0 Å². The van der Waals surface area contributed by atoms with Crippen LogP contribution in [0.3, 0.4) is 0 Å².